The highest BCUT2D eigenvalue weighted by molar-refractivity contribution is 6.42. The Labute approximate surface area is 389 Å². The number of imidazole rings is 1. The number of halogens is 5. The molecule has 0 bridgehead atoms. The zero-order chi connectivity index (χ0) is 44.4. The average molecular weight is 941 g/mol. The second-order valence-corrected chi connectivity index (χ2v) is 17.9. The fourth-order valence-corrected chi connectivity index (χ4v) is 9.60. The van der Waals surface area contributed by atoms with Crippen LogP contribution in [0.5, 0.6) is 5.75 Å². The van der Waals surface area contributed by atoms with Crippen LogP contribution in [-0.2, 0) is 27.1 Å². The van der Waals surface area contributed by atoms with Crippen molar-refractivity contribution >= 4 is 75.9 Å². The SMILES string of the molecule is CC(=O)NC1(c2ccccc2)CCN(CC2CC2(C(=O)N(C)Cc2ccccc2)c2ccc(Cl)c(Cl)c2)CC1.CCCN(CCOc1c(Cl)cc(Cl)cc1Cl)C(=O)n1ccnc1. The third kappa shape index (κ3) is 11.4. The molecule has 15 heteroatoms. The van der Waals surface area contributed by atoms with Crippen LogP contribution in [-0.4, -0.2) is 88.5 Å². The number of ether oxygens (including phenoxy) is 1. The van der Waals surface area contributed by atoms with Crippen LogP contribution in [0.4, 0.5) is 4.79 Å². The smallest absolute Gasteiger partial charge is 0.329 e. The third-order valence-corrected chi connectivity index (χ3v) is 13.0. The summed E-state index contributed by atoms with van der Waals surface area (Å²) in [5, 5.41) is 5.34. The summed E-state index contributed by atoms with van der Waals surface area (Å²) >= 11 is 30.7. The largest absolute Gasteiger partial charge is 0.489 e. The number of rotatable bonds is 14. The molecule has 2 unspecified atom stereocenters. The predicted octanol–water partition coefficient (Wildman–Crippen LogP) is 10.6. The molecule has 2 heterocycles. The van der Waals surface area contributed by atoms with Crippen molar-refractivity contribution in [2.45, 2.75) is 57.0 Å². The summed E-state index contributed by atoms with van der Waals surface area (Å²) in [5.74, 6) is 0.638. The van der Waals surface area contributed by atoms with Crippen molar-refractivity contribution in [2.24, 2.45) is 5.92 Å². The lowest BCUT2D eigenvalue weighted by atomic mass is 9.80. The molecule has 5 aromatic rings. The minimum Gasteiger partial charge on any atom is -0.489 e. The van der Waals surface area contributed by atoms with Crippen molar-refractivity contribution in [3.63, 3.8) is 0 Å². The molecule has 1 saturated heterocycles. The van der Waals surface area contributed by atoms with E-state index in [0.717, 1.165) is 62.0 Å². The minimum absolute atomic E-state index is 0.0137. The van der Waals surface area contributed by atoms with Gasteiger partial charge < -0.3 is 24.8 Å². The Kier molecular flexibility index (Phi) is 16.3. The van der Waals surface area contributed by atoms with Crippen LogP contribution < -0.4 is 10.1 Å². The zero-order valence-electron chi connectivity index (χ0n) is 35.0. The Morgan fingerprint density at radius 1 is 0.839 bits per heavy atom. The number of likely N-dealkylation sites (tertiary alicyclic amines) is 1. The van der Waals surface area contributed by atoms with E-state index in [2.05, 4.69) is 27.3 Å². The van der Waals surface area contributed by atoms with Gasteiger partial charge in [0.15, 0.2) is 5.75 Å². The highest BCUT2D eigenvalue weighted by atomic mass is 35.5. The van der Waals surface area contributed by atoms with E-state index in [9.17, 15) is 14.4 Å². The van der Waals surface area contributed by atoms with E-state index in [0.29, 0.717) is 50.5 Å². The van der Waals surface area contributed by atoms with Crippen LogP contribution >= 0.6 is 58.0 Å². The number of nitrogens with zero attached hydrogens (tertiary/aromatic N) is 5. The lowest BCUT2D eigenvalue weighted by Crippen LogP contribution is -2.53. The molecule has 10 nitrogen and oxygen atoms in total. The Morgan fingerprint density at radius 3 is 2.10 bits per heavy atom. The van der Waals surface area contributed by atoms with Gasteiger partial charge in [0.2, 0.25) is 11.8 Å². The molecule has 0 spiro atoms. The van der Waals surface area contributed by atoms with E-state index in [4.69, 9.17) is 62.7 Å². The predicted molar refractivity (Wildman–Crippen MR) is 249 cm³/mol. The standard InChI is InChI=1S/C32H35Cl2N3O2.C15H16Cl3N3O2/c1-23(38)35-31(25-11-7-4-8-12-25)15-17-37(18-16-31)22-27-20-32(27,26-13-14-28(33)29(34)19-26)30(39)36(2)21-24-9-5-3-6-10-24;1-2-4-20(15(22)21-5-3-19-10-21)6-7-23-14-12(17)8-11(16)9-13(14)18/h3-14,19,27H,15-18,20-22H2,1-2H3,(H,35,38);3,5,8-10H,2,4,6-7H2,1H3. The summed E-state index contributed by atoms with van der Waals surface area (Å²) in [5.41, 5.74) is 2.19. The normalized spacial score (nSPS) is 17.9. The summed E-state index contributed by atoms with van der Waals surface area (Å²) < 4.78 is 7.05. The Hall–Kier alpha value is -4.29. The summed E-state index contributed by atoms with van der Waals surface area (Å²) in [6, 6.07) is 28.9. The molecule has 1 aliphatic heterocycles. The number of amides is 3. The van der Waals surface area contributed by atoms with E-state index in [1.54, 1.807) is 42.4 Å². The Morgan fingerprint density at radius 2 is 1.50 bits per heavy atom. The Bertz CT molecular complexity index is 2270. The van der Waals surface area contributed by atoms with Gasteiger partial charge in [-0.05, 0) is 72.6 Å². The monoisotopic (exact) mass is 938 g/mol. The first-order chi connectivity index (χ1) is 29.8. The number of carbonyl (C=O) groups excluding carboxylic acids is 3. The maximum Gasteiger partial charge on any atom is 0.329 e. The zero-order valence-corrected chi connectivity index (χ0v) is 38.8. The van der Waals surface area contributed by atoms with E-state index < -0.39 is 5.41 Å². The van der Waals surface area contributed by atoms with Crippen molar-refractivity contribution in [1.29, 1.82) is 0 Å². The molecule has 4 aromatic carbocycles. The van der Waals surface area contributed by atoms with Crippen LogP contribution in [0.25, 0.3) is 0 Å². The van der Waals surface area contributed by atoms with Crippen molar-refractivity contribution < 1.29 is 19.1 Å². The van der Waals surface area contributed by atoms with Gasteiger partial charge in [-0.15, -0.1) is 0 Å². The number of carbonyl (C=O) groups is 3. The molecule has 2 fully saturated rings. The molecule has 1 aromatic heterocycles. The van der Waals surface area contributed by atoms with Gasteiger partial charge in [0.05, 0.1) is 37.6 Å². The fraction of sp³-hybridized carbons (Fsp3) is 0.362. The lowest BCUT2D eigenvalue weighted by molar-refractivity contribution is -0.133. The number of hydrogen-bond acceptors (Lipinski definition) is 6. The molecule has 2 aliphatic rings. The molecular weight excluding hydrogens is 890 g/mol. The fourth-order valence-electron chi connectivity index (χ4n) is 8.37. The lowest BCUT2D eigenvalue weighted by Gasteiger charge is -2.43. The molecule has 0 radical (unpaired) electrons. The van der Waals surface area contributed by atoms with Gasteiger partial charge in [0.1, 0.15) is 12.9 Å². The molecule has 62 heavy (non-hydrogen) atoms. The maximum absolute atomic E-state index is 14.1. The molecule has 7 rings (SSSR count). The first-order valence-corrected chi connectivity index (χ1v) is 22.5. The quantitative estimate of drug-likeness (QED) is 0.119. The van der Waals surface area contributed by atoms with Crippen LogP contribution in [0.3, 0.4) is 0 Å². The van der Waals surface area contributed by atoms with Crippen LogP contribution in [0.15, 0.2) is 110 Å². The van der Waals surface area contributed by atoms with Crippen LogP contribution in [0.2, 0.25) is 25.1 Å². The third-order valence-electron chi connectivity index (χ3n) is 11.5. The highest BCUT2D eigenvalue weighted by Crippen LogP contribution is 2.57. The minimum atomic E-state index is -0.622. The van der Waals surface area contributed by atoms with Gasteiger partial charge in [0.25, 0.3) is 0 Å². The summed E-state index contributed by atoms with van der Waals surface area (Å²) in [6.45, 7) is 7.93. The van der Waals surface area contributed by atoms with E-state index >= 15 is 0 Å². The van der Waals surface area contributed by atoms with Crippen molar-refractivity contribution in [1.82, 2.24) is 29.6 Å². The number of piperidine rings is 1. The molecule has 2 atom stereocenters. The highest BCUT2D eigenvalue weighted by Gasteiger charge is 2.62. The van der Waals surface area contributed by atoms with E-state index in [1.807, 2.05) is 79.5 Å². The van der Waals surface area contributed by atoms with Gasteiger partial charge in [-0.2, -0.15) is 0 Å². The van der Waals surface area contributed by atoms with Crippen molar-refractivity contribution in [3.8, 4) is 5.75 Å². The summed E-state index contributed by atoms with van der Waals surface area (Å²) in [4.78, 5) is 48.4. The Balaban J connectivity index is 0.000000238. The second kappa shape index (κ2) is 21.4. The van der Waals surface area contributed by atoms with E-state index in [1.165, 1.54) is 10.9 Å². The van der Waals surface area contributed by atoms with Crippen molar-refractivity contribution in [2.75, 3.05) is 46.4 Å². The number of nitrogens with one attached hydrogen (secondary N) is 1. The summed E-state index contributed by atoms with van der Waals surface area (Å²) in [6.07, 6.45) is 7.90. The second-order valence-electron chi connectivity index (χ2n) is 15.9. The molecule has 3 amide bonds. The number of benzene rings is 4. The molecular formula is C47H51Cl5N6O4. The maximum atomic E-state index is 14.1. The van der Waals surface area contributed by atoms with Gasteiger partial charge >= 0.3 is 6.03 Å². The average Bonchev–Trinajstić information content (AvgIpc) is 3.69. The number of hydrogen-bond donors (Lipinski definition) is 1. The molecule has 1 aliphatic carbocycles. The van der Waals surface area contributed by atoms with Crippen LogP contribution in [0.1, 0.15) is 56.2 Å². The van der Waals surface area contributed by atoms with Gasteiger partial charge in [-0.1, -0.05) is 132 Å². The topological polar surface area (TPSA) is 100 Å². The first-order valence-electron chi connectivity index (χ1n) is 20.6. The number of aromatic nitrogens is 2. The molecule has 1 N–H and O–H groups in total. The summed E-state index contributed by atoms with van der Waals surface area (Å²) in [7, 11) is 1.88. The number of likely N-dealkylation sites (N-methyl/N-ethyl adjacent to an activating group) is 1. The van der Waals surface area contributed by atoms with E-state index in [-0.39, 0.29) is 35.9 Å². The van der Waals surface area contributed by atoms with Gasteiger partial charge in [-0.25, -0.2) is 9.78 Å². The first kappa shape index (κ1) is 47.2. The molecule has 328 valence electrons. The van der Waals surface area contributed by atoms with Crippen LogP contribution in [0, 0.1) is 5.92 Å². The van der Waals surface area contributed by atoms with Crippen molar-refractivity contribution in [3.05, 3.63) is 152 Å². The van der Waals surface area contributed by atoms with Gasteiger partial charge in [-0.3, -0.25) is 14.2 Å². The molecule has 1 saturated carbocycles. The van der Waals surface area contributed by atoms with Gasteiger partial charge in [0, 0.05) is 64.1 Å².